The highest BCUT2D eigenvalue weighted by Gasteiger charge is 2.25. The highest BCUT2D eigenvalue weighted by atomic mass is 16.5. The molecule has 1 aromatic carbocycles. The second-order valence-corrected chi connectivity index (χ2v) is 5.23. The van der Waals surface area contributed by atoms with E-state index in [9.17, 15) is 0 Å². The number of hydrogen-bond acceptors (Lipinski definition) is 3. The van der Waals surface area contributed by atoms with Crippen LogP contribution >= 0.6 is 0 Å². The van der Waals surface area contributed by atoms with E-state index in [1.807, 2.05) is 36.7 Å². The van der Waals surface area contributed by atoms with Crippen LogP contribution in [0.4, 0.5) is 0 Å². The van der Waals surface area contributed by atoms with Gasteiger partial charge in [-0.3, -0.25) is 4.98 Å². The van der Waals surface area contributed by atoms with Gasteiger partial charge in [0.05, 0.1) is 6.04 Å². The van der Waals surface area contributed by atoms with E-state index in [0.717, 1.165) is 13.0 Å². The zero-order chi connectivity index (χ0) is 15.1. The quantitative estimate of drug-likeness (QED) is 0.839. The van der Waals surface area contributed by atoms with Crippen molar-refractivity contribution in [1.82, 2.24) is 10.3 Å². The van der Waals surface area contributed by atoms with Crippen molar-refractivity contribution in [3.8, 4) is 0 Å². The number of hydrogen-bond donors (Lipinski definition) is 1. The van der Waals surface area contributed by atoms with E-state index >= 15 is 0 Å². The maximum absolute atomic E-state index is 5.81. The second kappa shape index (κ2) is 7.91. The summed E-state index contributed by atoms with van der Waals surface area (Å²) in [5.74, 6) is 0. The van der Waals surface area contributed by atoms with Crippen molar-refractivity contribution in [2.24, 2.45) is 0 Å². The predicted octanol–water partition coefficient (Wildman–Crippen LogP) is 3.82. The molecule has 3 heteroatoms. The first-order valence-corrected chi connectivity index (χ1v) is 7.49. The Labute approximate surface area is 127 Å². The van der Waals surface area contributed by atoms with Crippen LogP contribution in [-0.4, -0.2) is 18.6 Å². The Morgan fingerprint density at radius 3 is 2.57 bits per heavy atom. The molecular weight excluding hydrogens is 260 g/mol. The molecule has 1 N–H and O–H groups in total. The van der Waals surface area contributed by atoms with Gasteiger partial charge in [0.2, 0.25) is 0 Å². The van der Waals surface area contributed by atoms with Gasteiger partial charge in [0.15, 0.2) is 0 Å². The zero-order valence-corrected chi connectivity index (χ0v) is 13.0. The molecule has 2 atom stereocenters. The second-order valence-electron chi connectivity index (χ2n) is 5.23. The van der Waals surface area contributed by atoms with E-state index < -0.39 is 0 Å². The molecule has 0 spiro atoms. The molecule has 2 unspecified atom stereocenters. The predicted molar refractivity (Wildman–Crippen MR) is 86.2 cm³/mol. The monoisotopic (exact) mass is 284 g/mol. The Hall–Kier alpha value is -1.71. The van der Waals surface area contributed by atoms with E-state index in [-0.39, 0.29) is 12.1 Å². The molecule has 1 heterocycles. The van der Waals surface area contributed by atoms with Gasteiger partial charge >= 0.3 is 0 Å². The summed E-state index contributed by atoms with van der Waals surface area (Å²) in [5.41, 5.74) is 3.61. The number of nitrogens with one attached hydrogen (secondary N) is 1. The molecule has 21 heavy (non-hydrogen) atoms. The minimum atomic E-state index is -0.0272. The van der Waals surface area contributed by atoms with Crippen molar-refractivity contribution in [1.29, 1.82) is 0 Å². The lowest BCUT2D eigenvalue weighted by atomic mass is 9.94. The minimum Gasteiger partial charge on any atom is -0.375 e. The smallest absolute Gasteiger partial charge is 0.102 e. The average molecular weight is 284 g/mol. The number of rotatable bonds is 7. The number of pyridine rings is 1. The van der Waals surface area contributed by atoms with Gasteiger partial charge in [0, 0.05) is 19.5 Å². The van der Waals surface area contributed by atoms with Gasteiger partial charge in [-0.05, 0) is 42.6 Å². The average Bonchev–Trinajstić information content (AvgIpc) is 2.53. The van der Waals surface area contributed by atoms with Gasteiger partial charge in [-0.2, -0.15) is 0 Å². The highest BCUT2D eigenvalue weighted by Crippen LogP contribution is 2.32. The molecular formula is C18H24N2O. The van der Waals surface area contributed by atoms with Crippen LogP contribution in [0.15, 0.2) is 48.8 Å². The third kappa shape index (κ3) is 3.90. The molecule has 0 aliphatic heterocycles. The summed E-state index contributed by atoms with van der Waals surface area (Å²) in [4.78, 5) is 4.29. The first kappa shape index (κ1) is 15.7. The van der Waals surface area contributed by atoms with Crippen LogP contribution in [0.5, 0.6) is 0 Å². The Balaban J connectivity index is 2.36. The number of benzene rings is 1. The van der Waals surface area contributed by atoms with Crippen LogP contribution in [0.1, 0.15) is 42.2 Å². The number of nitrogens with zero attached hydrogens (tertiary/aromatic N) is 1. The van der Waals surface area contributed by atoms with Crippen LogP contribution in [0.3, 0.4) is 0 Å². The summed E-state index contributed by atoms with van der Waals surface area (Å²) < 4.78 is 5.81. The third-order valence-corrected chi connectivity index (χ3v) is 3.71. The molecule has 0 fully saturated rings. The van der Waals surface area contributed by atoms with Crippen molar-refractivity contribution in [2.75, 3.05) is 13.7 Å². The molecule has 0 radical (unpaired) electrons. The van der Waals surface area contributed by atoms with Crippen LogP contribution < -0.4 is 5.32 Å². The summed E-state index contributed by atoms with van der Waals surface area (Å²) in [5, 5.41) is 3.61. The van der Waals surface area contributed by atoms with Crippen molar-refractivity contribution in [2.45, 2.75) is 32.4 Å². The van der Waals surface area contributed by atoms with Crippen LogP contribution in [-0.2, 0) is 4.74 Å². The molecule has 0 aliphatic carbocycles. The Morgan fingerprint density at radius 2 is 1.95 bits per heavy atom. The third-order valence-electron chi connectivity index (χ3n) is 3.71. The first-order valence-electron chi connectivity index (χ1n) is 7.49. The Kier molecular flexibility index (Phi) is 5.90. The van der Waals surface area contributed by atoms with E-state index in [0.29, 0.717) is 0 Å². The maximum atomic E-state index is 5.81. The molecule has 0 amide bonds. The molecule has 2 rings (SSSR count). The van der Waals surface area contributed by atoms with Crippen molar-refractivity contribution < 1.29 is 4.74 Å². The summed E-state index contributed by atoms with van der Waals surface area (Å²) >= 11 is 0. The SMILES string of the molecule is CCCNC(c1cnccc1C)C(OC)c1ccccc1. The summed E-state index contributed by atoms with van der Waals surface area (Å²) in [6.07, 6.45) is 4.83. The molecule has 0 saturated heterocycles. The van der Waals surface area contributed by atoms with E-state index in [1.54, 1.807) is 7.11 Å². The summed E-state index contributed by atoms with van der Waals surface area (Å²) in [7, 11) is 1.77. The highest BCUT2D eigenvalue weighted by molar-refractivity contribution is 5.30. The molecule has 112 valence electrons. The largest absolute Gasteiger partial charge is 0.375 e. The fraction of sp³-hybridized carbons (Fsp3) is 0.389. The topological polar surface area (TPSA) is 34.2 Å². The van der Waals surface area contributed by atoms with Gasteiger partial charge in [-0.25, -0.2) is 0 Å². The van der Waals surface area contributed by atoms with Gasteiger partial charge in [-0.1, -0.05) is 37.3 Å². The van der Waals surface area contributed by atoms with Crippen molar-refractivity contribution >= 4 is 0 Å². The number of aromatic nitrogens is 1. The van der Waals surface area contributed by atoms with Crippen molar-refractivity contribution in [3.05, 3.63) is 65.5 Å². The van der Waals surface area contributed by atoms with E-state index in [2.05, 4.69) is 36.3 Å². The van der Waals surface area contributed by atoms with Gasteiger partial charge in [-0.15, -0.1) is 0 Å². The molecule has 1 aromatic heterocycles. The Morgan fingerprint density at radius 1 is 1.19 bits per heavy atom. The summed E-state index contributed by atoms with van der Waals surface area (Å²) in [6.45, 7) is 5.24. The van der Waals surface area contributed by atoms with Crippen LogP contribution in [0.25, 0.3) is 0 Å². The lowest BCUT2D eigenvalue weighted by Gasteiger charge is -2.28. The normalized spacial score (nSPS) is 13.9. The van der Waals surface area contributed by atoms with Gasteiger partial charge in [0.1, 0.15) is 6.10 Å². The first-order chi connectivity index (χ1) is 10.3. The minimum absolute atomic E-state index is 0.0272. The van der Waals surface area contributed by atoms with Gasteiger partial charge < -0.3 is 10.1 Å². The summed E-state index contributed by atoms with van der Waals surface area (Å²) in [6, 6.07) is 12.5. The lowest BCUT2D eigenvalue weighted by Crippen LogP contribution is -2.29. The van der Waals surface area contributed by atoms with Crippen molar-refractivity contribution in [3.63, 3.8) is 0 Å². The van der Waals surface area contributed by atoms with Crippen LogP contribution in [0.2, 0.25) is 0 Å². The van der Waals surface area contributed by atoms with E-state index in [1.165, 1.54) is 16.7 Å². The molecule has 0 saturated carbocycles. The Bertz CT molecular complexity index is 542. The molecule has 2 aromatic rings. The maximum Gasteiger partial charge on any atom is 0.102 e. The molecule has 3 nitrogen and oxygen atoms in total. The number of ether oxygens (including phenoxy) is 1. The number of methoxy groups -OCH3 is 1. The van der Waals surface area contributed by atoms with Crippen LogP contribution in [0, 0.1) is 6.92 Å². The molecule has 0 aliphatic rings. The number of aryl methyl sites for hydroxylation is 1. The zero-order valence-electron chi connectivity index (χ0n) is 13.0. The standard InChI is InChI=1S/C18H24N2O/c1-4-11-20-17(16-13-19-12-10-14(16)2)18(21-3)15-8-6-5-7-9-15/h5-10,12-13,17-18,20H,4,11H2,1-3H3. The lowest BCUT2D eigenvalue weighted by molar-refractivity contribution is 0.0673. The fourth-order valence-electron chi connectivity index (χ4n) is 2.59. The van der Waals surface area contributed by atoms with E-state index in [4.69, 9.17) is 4.74 Å². The van der Waals surface area contributed by atoms with Gasteiger partial charge in [0.25, 0.3) is 0 Å². The fourth-order valence-corrected chi connectivity index (χ4v) is 2.59. The molecule has 0 bridgehead atoms.